The molecule has 1 aromatic carbocycles. The summed E-state index contributed by atoms with van der Waals surface area (Å²) in [6.07, 6.45) is 3.22. The molecule has 0 aromatic heterocycles. The molecule has 1 heterocycles. The zero-order valence-electron chi connectivity index (χ0n) is 14.1. The predicted octanol–water partition coefficient (Wildman–Crippen LogP) is 2.79. The molecule has 1 saturated heterocycles. The Morgan fingerprint density at radius 2 is 2.00 bits per heavy atom. The molecule has 1 aromatic rings. The molecular weight excluding hydrogens is 304 g/mol. The van der Waals surface area contributed by atoms with Crippen molar-refractivity contribution in [1.82, 2.24) is 4.90 Å². The Labute approximate surface area is 142 Å². The Hall–Kier alpha value is -2.58. The van der Waals surface area contributed by atoms with E-state index in [2.05, 4.69) is 6.58 Å². The number of carbonyl (C=O) groups excluding carboxylic acids is 1. The van der Waals surface area contributed by atoms with Gasteiger partial charge in [0.2, 0.25) is 0 Å². The molecule has 1 fully saturated rings. The van der Waals surface area contributed by atoms with E-state index in [4.69, 9.17) is 9.47 Å². The van der Waals surface area contributed by atoms with E-state index in [1.54, 1.807) is 29.2 Å². The van der Waals surface area contributed by atoms with Crippen molar-refractivity contribution in [3.05, 3.63) is 48.1 Å². The normalized spacial score (nSPS) is 21.0. The van der Waals surface area contributed by atoms with Crippen LogP contribution in [0.1, 0.15) is 19.4 Å². The molecule has 5 nitrogen and oxygen atoms in total. The van der Waals surface area contributed by atoms with Crippen molar-refractivity contribution in [2.45, 2.75) is 26.1 Å². The summed E-state index contributed by atoms with van der Waals surface area (Å²) in [5.74, 6) is 0.458. The SMILES string of the molecule is C=CCOc1ccc(/C=C(\C#N)C(=O)N2C[C@H](C)O[C@@H](C)C2)cc1. The van der Waals surface area contributed by atoms with Crippen molar-refractivity contribution in [3.63, 3.8) is 0 Å². The maximum absolute atomic E-state index is 12.6. The average Bonchev–Trinajstić information content (AvgIpc) is 2.57. The first-order valence-electron chi connectivity index (χ1n) is 7.93. The minimum absolute atomic E-state index is 0.0288. The van der Waals surface area contributed by atoms with Crippen molar-refractivity contribution < 1.29 is 14.3 Å². The van der Waals surface area contributed by atoms with Crippen LogP contribution in [0.3, 0.4) is 0 Å². The molecule has 0 N–H and O–H groups in total. The molecule has 0 aliphatic carbocycles. The molecule has 2 rings (SSSR count). The van der Waals surface area contributed by atoms with Crippen molar-refractivity contribution in [2.75, 3.05) is 19.7 Å². The Bertz CT molecular complexity index is 648. The van der Waals surface area contributed by atoms with Gasteiger partial charge in [-0.25, -0.2) is 0 Å². The first kappa shape index (κ1) is 17.8. The van der Waals surface area contributed by atoms with Crippen molar-refractivity contribution in [3.8, 4) is 11.8 Å². The van der Waals surface area contributed by atoms with Gasteiger partial charge in [-0.3, -0.25) is 4.79 Å². The number of carbonyl (C=O) groups is 1. The lowest BCUT2D eigenvalue weighted by Crippen LogP contribution is -2.48. The number of nitrogens with zero attached hydrogens (tertiary/aromatic N) is 2. The van der Waals surface area contributed by atoms with Crippen LogP contribution in [0.2, 0.25) is 0 Å². The van der Waals surface area contributed by atoms with Crippen LogP contribution in [0.15, 0.2) is 42.5 Å². The van der Waals surface area contributed by atoms with Crippen LogP contribution < -0.4 is 4.74 Å². The van der Waals surface area contributed by atoms with E-state index in [-0.39, 0.29) is 23.7 Å². The second kappa shape index (κ2) is 8.32. The molecule has 0 unspecified atom stereocenters. The number of rotatable bonds is 5. The van der Waals surface area contributed by atoms with E-state index >= 15 is 0 Å². The van der Waals surface area contributed by atoms with Crippen LogP contribution in [0.4, 0.5) is 0 Å². The number of hydrogen-bond donors (Lipinski definition) is 0. The average molecular weight is 326 g/mol. The van der Waals surface area contributed by atoms with E-state index in [0.717, 1.165) is 5.56 Å². The summed E-state index contributed by atoms with van der Waals surface area (Å²) in [5, 5.41) is 9.36. The molecule has 126 valence electrons. The van der Waals surface area contributed by atoms with Crippen LogP contribution in [-0.4, -0.2) is 42.7 Å². The van der Waals surface area contributed by atoms with Gasteiger partial charge in [-0.15, -0.1) is 0 Å². The minimum Gasteiger partial charge on any atom is -0.490 e. The highest BCUT2D eigenvalue weighted by molar-refractivity contribution is 6.01. The summed E-state index contributed by atoms with van der Waals surface area (Å²) < 4.78 is 11.0. The number of amides is 1. The maximum atomic E-state index is 12.6. The van der Waals surface area contributed by atoms with E-state index in [1.165, 1.54) is 0 Å². The summed E-state index contributed by atoms with van der Waals surface area (Å²) in [5.41, 5.74) is 0.899. The monoisotopic (exact) mass is 326 g/mol. The van der Waals surface area contributed by atoms with E-state index in [9.17, 15) is 10.1 Å². The first-order chi connectivity index (χ1) is 11.5. The minimum atomic E-state index is -0.258. The number of morpholine rings is 1. The van der Waals surface area contributed by atoms with Crippen LogP contribution in [0, 0.1) is 11.3 Å². The lowest BCUT2D eigenvalue weighted by molar-refractivity contribution is -0.138. The number of nitriles is 1. The van der Waals surface area contributed by atoms with Gasteiger partial charge >= 0.3 is 0 Å². The fourth-order valence-electron chi connectivity index (χ4n) is 2.64. The Morgan fingerprint density at radius 3 is 2.54 bits per heavy atom. The topological polar surface area (TPSA) is 62.6 Å². The highest BCUT2D eigenvalue weighted by atomic mass is 16.5. The quantitative estimate of drug-likeness (QED) is 0.474. The zero-order chi connectivity index (χ0) is 17.5. The zero-order valence-corrected chi connectivity index (χ0v) is 14.1. The summed E-state index contributed by atoms with van der Waals surface area (Å²) in [4.78, 5) is 14.3. The van der Waals surface area contributed by atoms with Gasteiger partial charge in [0, 0.05) is 13.1 Å². The maximum Gasteiger partial charge on any atom is 0.264 e. The van der Waals surface area contributed by atoms with Crippen molar-refractivity contribution in [2.24, 2.45) is 0 Å². The van der Waals surface area contributed by atoms with Crippen molar-refractivity contribution >= 4 is 12.0 Å². The van der Waals surface area contributed by atoms with Gasteiger partial charge in [0.05, 0.1) is 12.2 Å². The van der Waals surface area contributed by atoms with Gasteiger partial charge in [0.1, 0.15) is 24.0 Å². The highest BCUT2D eigenvalue weighted by Crippen LogP contribution is 2.17. The van der Waals surface area contributed by atoms with Gasteiger partial charge in [0.25, 0.3) is 5.91 Å². The van der Waals surface area contributed by atoms with Gasteiger partial charge in [-0.2, -0.15) is 5.26 Å². The smallest absolute Gasteiger partial charge is 0.264 e. The molecule has 0 spiro atoms. The molecule has 1 amide bonds. The second-order valence-electron chi connectivity index (χ2n) is 5.81. The fraction of sp³-hybridized carbons (Fsp3) is 0.368. The van der Waals surface area contributed by atoms with Gasteiger partial charge in [0.15, 0.2) is 0 Å². The van der Waals surface area contributed by atoms with Crippen LogP contribution >= 0.6 is 0 Å². The van der Waals surface area contributed by atoms with Crippen molar-refractivity contribution in [1.29, 1.82) is 5.26 Å². The lowest BCUT2D eigenvalue weighted by atomic mass is 10.1. The highest BCUT2D eigenvalue weighted by Gasteiger charge is 2.27. The lowest BCUT2D eigenvalue weighted by Gasteiger charge is -2.35. The third kappa shape index (κ3) is 4.71. The molecule has 0 bridgehead atoms. The Morgan fingerprint density at radius 1 is 1.38 bits per heavy atom. The predicted molar refractivity (Wildman–Crippen MR) is 92.3 cm³/mol. The Kier molecular flexibility index (Phi) is 6.16. The van der Waals surface area contributed by atoms with Crippen LogP contribution in [-0.2, 0) is 9.53 Å². The molecular formula is C19H22N2O3. The molecule has 1 aliphatic heterocycles. The molecule has 0 radical (unpaired) electrons. The number of benzene rings is 1. The first-order valence-corrected chi connectivity index (χ1v) is 7.93. The third-order valence-electron chi connectivity index (χ3n) is 3.62. The number of hydrogen-bond acceptors (Lipinski definition) is 4. The van der Waals surface area contributed by atoms with Gasteiger partial charge in [-0.1, -0.05) is 24.8 Å². The molecule has 2 atom stereocenters. The molecule has 1 aliphatic rings. The van der Waals surface area contributed by atoms with Crippen LogP contribution in [0.5, 0.6) is 5.75 Å². The molecule has 0 saturated carbocycles. The number of ether oxygens (including phenoxy) is 2. The summed E-state index contributed by atoms with van der Waals surface area (Å²) in [6, 6.07) is 9.24. The third-order valence-corrected chi connectivity index (χ3v) is 3.62. The Balaban J connectivity index is 2.12. The molecule has 5 heteroatoms. The molecule has 24 heavy (non-hydrogen) atoms. The van der Waals surface area contributed by atoms with E-state index in [1.807, 2.05) is 32.0 Å². The summed E-state index contributed by atoms with van der Waals surface area (Å²) in [7, 11) is 0. The summed E-state index contributed by atoms with van der Waals surface area (Å²) in [6.45, 7) is 8.87. The van der Waals surface area contributed by atoms with E-state index in [0.29, 0.717) is 25.4 Å². The fourth-order valence-corrected chi connectivity index (χ4v) is 2.64. The van der Waals surface area contributed by atoms with Gasteiger partial charge < -0.3 is 14.4 Å². The largest absolute Gasteiger partial charge is 0.490 e. The van der Waals surface area contributed by atoms with E-state index < -0.39 is 0 Å². The van der Waals surface area contributed by atoms with Crippen LogP contribution in [0.25, 0.3) is 6.08 Å². The van der Waals surface area contributed by atoms with Gasteiger partial charge in [-0.05, 0) is 37.6 Å². The second-order valence-corrected chi connectivity index (χ2v) is 5.81. The standard InChI is InChI=1S/C19H22N2O3/c1-4-9-23-18-7-5-16(6-8-18)10-17(11-20)19(22)21-12-14(2)24-15(3)13-21/h4-8,10,14-15H,1,9,12-13H2,2-3H3/b17-10+/t14-,15-/m0/s1. The summed E-state index contributed by atoms with van der Waals surface area (Å²) >= 11 is 0.